The van der Waals surface area contributed by atoms with Crippen LogP contribution in [0.15, 0.2) is 54.7 Å². The molecule has 5 nitrogen and oxygen atoms in total. The van der Waals surface area contributed by atoms with Crippen molar-refractivity contribution in [2.75, 3.05) is 31.8 Å². The van der Waals surface area contributed by atoms with Crippen LogP contribution in [0.1, 0.15) is 17.0 Å². The topological polar surface area (TPSA) is 74.3 Å². The molecule has 1 amide bonds. The van der Waals surface area contributed by atoms with Gasteiger partial charge in [0.2, 0.25) is 5.91 Å². The standard InChI is InChI=1S/C21H24N2O3S/c1-26-16-8-6-15(7-9-16)18(12-23-21(25)14-27-11-10-24)19-13-22-20-5-3-2-4-17(19)20/h2-9,13,18,22,24H,10-12,14H2,1H3,(H,23,25)/t18-/m0/s1. The second kappa shape index (κ2) is 9.48. The zero-order chi connectivity index (χ0) is 19.1. The Hall–Kier alpha value is -2.44. The predicted molar refractivity (Wildman–Crippen MR) is 111 cm³/mol. The monoisotopic (exact) mass is 384 g/mol. The highest BCUT2D eigenvalue weighted by Crippen LogP contribution is 2.31. The Labute approximate surface area is 163 Å². The van der Waals surface area contributed by atoms with Crippen molar-refractivity contribution in [3.8, 4) is 5.75 Å². The summed E-state index contributed by atoms with van der Waals surface area (Å²) in [4.78, 5) is 15.5. The number of amides is 1. The lowest BCUT2D eigenvalue weighted by atomic mass is 9.91. The van der Waals surface area contributed by atoms with E-state index in [1.54, 1.807) is 7.11 Å². The van der Waals surface area contributed by atoms with Crippen LogP contribution >= 0.6 is 11.8 Å². The molecule has 0 fully saturated rings. The summed E-state index contributed by atoms with van der Waals surface area (Å²) in [7, 11) is 1.65. The highest BCUT2D eigenvalue weighted by atomic mass is 32.2. The van der Waals surface area contributed by atoms with Gasteiger partial charge in [0, 0.05) is 35.3 Å². The van der Waals surface area contributed by atoms with Crippen molar-refractivity contribution in [1.82, 2.24) is 10.3 Å². The number of ether oxygens (including phenoxy) is 1. The third-order valence-corrected chi connectivity index (χ3v) is 5.42. The second-order valence-electron chi connectivity index (χ2n) is 6.20. The Bertz CT molecular complexity index is 877. The first-order valence-corrected chi connectivity index (χ1v) is 10.0. The van der Waals surface area contributed by atoms with E-state index in [-0.39, 0.29) is 18.4 Å². The molecule has 3 aromatic rings. The lowest BCUT2D eigenvalue weighted by Crippen LogP contribution is -2.30. The van der Waals surface area contributed by atoms with Gasteiger partial charge in [-0.2, -0.15) is 0 Å². The first kappa shape index (κ1) is 19.3. The number of para-hydroxylation sites is 1. The van der Waals surface area contributed by atoms with E-state index in [2.05, 4.69) is 16.4 Å². The van der Waals surface area contributed by atoms with Crippen LogP contribution in [0.5, 0.6) is 5.75 Å². The summed E-state index contributed by atoms with van der Waals surface area (Å²) in [5, 5.41) is 13.0. The number of rotatable bonds is 9. The maximum atomic E-state index is 12.1. The van der Waals surface area contributed by atoms with E-state index >= 15 is 0 Å². The van der Waals surface area contributed by atoms with Crippen molar-refractivity contribution in [3.63, 3.8) is 0 Å². The van der Waals surface area contributed by atoms with Gasteiger partial charge in [0.15, 0.2) is 0 Å². The maximum Gasteiger partial charge on any atom is 0.230 e. The van der Waals surface area contributed by atoms with Gasteiger partial charge in [-0.25, -0.2) is 0 Å². The number of aromatic amines is 1. The quantitative estimate of drug-likeness (QED) is 0.496. The van der Waals surface area contributed by atoms with E-state index in [4.69, 9.17) is 9.84 Å². The molecule has 1 aromatic heterocycles. The number of carbonyl (C=O) groups excluding carboxylic acids is 1. The summed E-state index contributed by atoms with van der Waals surface area (Å²) < 4.78 is 5.26. The van der Waals surface area contributed by atoms with Crippen LogP contribution in [-0.4, -0.2) is 47.8 Å². The van der Waals surface area contributed by atoms with Crippen LogP contribution in [0, 0.1) is 0 Å². The van der Waals surface area contributed by atoms with Crippen LogP contribution in [0.4, 0.5) is 0 Å². The van der Waals surface area contributed by atoms with Gasteiger partial charge < -0.3 is 20.1 Å². The van der Waals surface area contributed by atoms with Crippen molar-refractivity contribution >= 4 is 28.6 Å². The van der Waals surface area contributed by atoms with Gasteiger partial charge in [-0.3, -0.25) is 4.79 Å². The number of methoxy groups -OCH3 is 1. The number of H-pyrrole nitrogens is 1. The zero-order valence-electron chi connectivity index (χ0n) is 15.3. The second-order valence-corrected chi connectivity index (χ2v) is 7.30. The fourth-order valence-corrected chi connectivity index (χ4v) is 3.68. The SMILES string of the molecule is COc1ccc([C@H](CNC(=O)CSCCO)c2c[nH]c3ccccc23)cc1. The average Bonchev–Trinajstić information content (AvgIpc) is 3.13. The minimum Gasteiger partial charge on any atom is -0.497 e. The number of aliphatic hydroxyl groups excluding tert-OH is 1. The van der Waals surface area contributed by atoms with Crippen LogP contribution in [0.3, 0.4) is 0 Å². The lowest BCUT2D eigenvalue weighted by Gasteiger charge is -2.18. The summed E-state index contributed by atoms with van der Waals surface area (Å²) in [6, 6.07) is 16.1. The third kappa shape index (κ3) is 4.84. The molecule has 0 spiro atoms. The molecule has 0 saturated carbocycles. The number of aliphatic hydroxyl groups is 1. The maximum absolute atomic E-state index is 12.1. The summed E-state index contributed by atoms with van der Waals surface area (Å²) in [5.41, 5.74) is 3.35. The molecule has 0 aliphatic rings. The smallest absolute Gasteiger partial charge is 0.230 e. The minimum absolute atomic E-state index is 0.0215. The molecule has 0 radical (unpaired) electrons. The Morgan fingerprint density at radius 1 is 1.22 bits per heavy atom. The molecule has 3 N–H and O–H groups in total. The number of fused-ring (bicyclic) bond motifs is 1. The molecule has 6 heteroatoms. The van der Waals surface area contributed by atoms with Crippen LogP contribution < -0.4 is 10.1 Å². The largest absolute Gasteiger partial charge is 0.497 e. The number of hydrogen-bond acceptors (Lipinski definition) is 4. The van der Waals surface area contributed by atoms with Crippen LogP contribution in [0.25, 0.3) is 10.9 Å². The molecule has 0 aliphatic carbocycles. The van der Waals surface area contributed by atoms with Gasteiger partial charge in [-0.1, -0.05) is 30.3 Å². The van der Waals surface area contributed by atoms with E-state index in [1.807, 2.05) is 48.7 Å². The molecule has 2 aromatic carbocycles. The van der Waals surface area contributed by atoms with E-state index < -0.39 is 0 Å². The molecule has 1 heterocycles. The van der Waals surface area contributed by atoms with Gasteiger partial charge in [0.05, 0.1) is 19.5 Å². The average molecular weight is 385 g/mol. The van der Waals surface area contributed by atoms with E-state index in [0.717, 1.165) is 27.8 Å². The summed E-state index contributed by atoms with van der Waals surface area (Å²) in [5.74, 6) is 1.73. The minimum atomic E-state index is -0.0215. The highest BCUT2D eigenvalue weighted by molar-refractivity contribution is 7.99. The molecular weight excluding hydrogens is 360 g/mol. The number of nitrogens with one attached hydrogen (secondary N) is 2. The van der Waals surface area contributed by atoms with Crippen molar-refractivity contribution in [3.05, 3.63) is 65.9 Å². The fraction of sp³-hybridized carbons (Fsp3) is 0.286. The molecule has 0 bridgehead atoms. The van der Waals surface area contributed by atoms with Crippen molar-refractivity contribution in [2.45, 2.75) is 5.92 Å². The first-order valence-electron chi connectivity index (χ1n) is 8.88. The number of aromatic nitrogens is 1. The molecule has 0 unspecified atom stereocenters. The van der Waals surface area contributed by atoms with Gasteiger partial charge >= 0.3 is 0 Å². The normalized spacial score (nSPS) is 12.1. The lowest BCUT2D eigenvalue weighted by molar-refractivity contribution is -0.118. The number of hydrogen-bond donors (Lipinski definition) is 3. The van der Waals surface area contributed by atoms with Gasteiger partial charge in [-0.15, -0.1) is 11.8 Å². The molecule has 0 saturated heterocycles. The zero-order valence-corrected chi connectivity index (χ0v) is 16.1. The molecule has 0 aliphatic heterocycles. The Morgan fingerprint density at radius 3 is 2.74 bits per heavy atom. The molecule has 1 atom stereocenters. The predicted octanol–water partition coefficient (Wildman–Crippen LogP) is 3.15. The van der Waals surface area contributed by atoms with Crippen LogP contribution in [0.2, 0.25) is 0 Å². The Balaban J connectivity index is 1.83. The highest BCUT2D eigenvalue weighted by Gasteiger charge is 2.19. The van der Waals surface area contributed by atoms with Crippen molar-refractivity contribution in [2.24, 2.45) is 0 Å². The third-order valence-electron chi connectivity index (χ3n) is 4.49. The molecule has 142 valence electrons. The number of carbonyl (C=O) groups is 1. The van der Waals surface area contributed by atoms with E-state index in [1.165, 1.54) is 11.8 Å². The number of benzene rings is 2. The summed E-state index contributed by atoms with van der Waals surface area (Å²) in [6.07, 6.45) is 2.02. The van der Waals surface area contributed by atoms with Gasteiger partial charge in [0.1, 0.15) is 5.75 Å². The molecule has 27 heavy (non-hydrogen) atoms. The van der Waals surface area contributed by atoms with E-state index in [9.17, 15) is 4.79 Å². The van der Waals surface area contributed by atoms with Crippen molar-refractivity contribution in [1.29, 1.82) is 0 Å². The Kier molecular flexibility index (Phi) is 6.79. The van der Waals surface area contributed by atoms with Gasteiger partial charge in [0.25, 0.3) is 0 Å². The van der Waals surface area contributed by atoms with Crippen LogP contribution in [-0.2, 0) is 4.79 Å². The fourth-order valence-electron chi connectivity index (χ4n) is 3.12. The Morgan fingerprint density at radius 2 is 2.00 bits per heavy atom. The van der Waals surface area contributed by atoms with E-state index in [0.29, 0.717) is 18.1 Å². The van der Waals surface area contributed by atoms with Gasteiger partial charge in [-0.05, 0) is 29.3 Å². The molecule has 3 rings (SSSR count). The first-order chi connectivity index (χ1) is 13.2. The molecular formula is C21H24N2O3S. The number of thioether (sulfide) groups is 1. The summed E-state index contributed by atoms with van der Waals surface area (Å²) >= 11 is 1.43. The summed E-state index contributed by atoms with van der Waals surface area (Å²) in [6.45, 7) is 0.592. The van der Waals surface area contributed by atoms with Crippen molar-refractivity contribution < 1.29 is 14.6 Å².